The van der Waals surface area contributed by atoms with Crippen LogP contribution in [0.1, 0.15) is 88.4 Å². The molecule has 0 aliphatic rings. The number of hydrogen-bond acceptors (Lipinski definition) is 6. The second kappa shape index (κ2) is 21.4. The lowest BCUT2D eigenvalue weighted by Crippen LogP contribution is -2.47. The fourth-order valence-electron chi connectivity index (χ4n) is 3.65. The van der Waals surface area contributed by atoms with E-state index in [0.717, 1.165) is 51.4 Å². The van der Waals surface area contributed by atoms with Gasteiger partial charge in [0.1, 0.15) is 18.4 Å². The third-order valence-electron chi connectivity index (χ3n) is 5.79. The van der Waals surface area contributed by atoms with Crippen LogP contribution in [0, 0.1) is 0 Å². The maximum Gasteiger partial charge on any atom is 0.252 e. The molecule has 3 amide bonds. The van der Waals surface area contributed by atoms with E-state index in [9.17, 15) is 14.4 Å². The van der Waals surface area contributed by atoms with Gasteiger partial charge in [0, 0.05) is 25.1 Å². The van der Waals surface area contributed by atoms with Crippen molar-refractivity contribution in [2.45, 2.75) is 84.1 Å². The molecule has 0 aliphatic carbocycles. The fraction of sp³-hybridized carbons (Fsp3) is 0.679. The highest BCUT2D eigenvalue weighted by molar-refractivity contribution is 5.98. The van der Waals surface area contributed by atoms with Gasteiger partial charge in [-0.2, -0.15) is 0 Å². The molecule has 0 bridgehead atoms. The van der Waals surface area contributed by atoms with Gasteiger partial charge in [0.25, 0.3) is 5.91 Å². The van der Waals surface area contributed by atoms with E-state index in [1.54, 1.807) is 24.3 Å². The van der Waals surface area contributed by atoms with E-state index in [1.807, 2.05) is 0 Å². The first-order chi connectivity index (χ1) is 18.0. The molecule has 1 aromatic rings. The molecule has 0 spiro atoms. The molecule has 4 N–H and O–H groups in total. The molecule has 0 saturated carbocycles. The molecule has 1 atom stereocenters. The molecule has 9 heteroatoms. The van der Waals surface area contributed by atoms with Crippen molar-refractivity contribution in [3.63, 3.8) is 0 Å². The summed E-state index contributed by atoms with van der Waals surface area (Å²) in [6.45, 7) is 6.22. The van der Waals surface area contributed by atoms with E-state index in [2.05, 4.69) is 29.8 Å². The second-order valence-corrected chi connectivity index (χ2v) is 9.04. The number of amides is 3. The number of rotatable bonds is 22. The second-order valence-electron chi connectivity index (χ2n) is 9.04. The van der Waals surface area contributed by atoms with Crippen molar-refractivity contribution >= 4 is 17.7 Å². The molecule has 1 aromatic carbocycles. The SMILES string of the molecule is CCCCCCNC(=O)CCC(NC(=O)c1cccc(OCCOCCO)c1)C(=O)NCCCCCC. The van der Waals surface area contributed by atoms with Crippen LogP contribution in [-0.4, -0.2) is 68.4 Å². The van der Waals surface area contributed by atoms with Gasteiger partial charge in [0.05, 0.1) is 19.8 Å². The summed E-state index contributed by atoms with van der Waals surface area (Å²) in [7, 11) is 0. The van der Waals surface area contributed by atoms with E-state index in [1.165, 1.54) is 0 Å². The molecule has 0 aliphatic heterocycles. The van der Waals surface area contributed by atoms with Crippen LogP contribution in [0.3, 0.4) is 0 Å². The Kier molecular flexibility index (Phi) is 18.8. The molecule has 9 nitrogen and oxygen atoms in total. The number of nitrogens with one attached hydrogen (secondary N) is 3. The van der Waals surface area contributed by atoms with Crippen molar-refractivity contribution in [2.75, 3.05) is 39.5 Å². The molecule has 0 heterocycles. The number of aliphatic hydroxyl groups is 1. The third-order valence-corrected chi connectivity index (χ3v) is 5.79. The molecule has 0 aromatic heterocycles. The van der Waals surface area contributed by atoms with Crippen LogP contribution < -0.4 is 20.7 Å². The minimum absolute atomic E-state index is 0.0518. The van der Waals surface area contributed by atoms with Gasteiger partial charge in [0.2, 0.25) is 11.8 Å². The summed E-state index contributed by atoms with van der Waals surface area (Å²) in [4.78, 5) is 38.1. The van der Waals surface area contributed by atoms with Gasteiger partial charge in [0.15, 0.2) is 0 Å². The quantitative estimate of drug-likeness (QED) is 0.173. The number of ether oxygens (including phenoxy) is 2. The van der Waals surface area contributed by atoms with Crippen molar-refractivity contribution in [3.8, 4) is 5.75 Å². The molecule has 210 valence electrons. The number of hydrogen-bond donors (Lipinski definition) is 4. The Morgan fingerprint density at radius 1 is 0.892 bits per heavy atom. The zero-order chi connectivity index (χ0) is 27.1. The fourth-order valence-corrected chi connectivity index (χ4v) is 3.65. The minimum Gasteiger partial charge on any atom is -0.491 e. The van der Waals surface area contributed by atoms with Crippen molar-refractivity contribution in [3.05, 3.63) is 29.8 Å². The van der Waals surface area contributed by atoms with E-state index < -0.39 is 11.9 Å². The summed E-state index contributed by atoms with van der Waals surface area (Å²) >= 11 is 0. The van der Waals surface area contributed by atoms with Gasteiger partial charge < -0.3 is 30.5 Å². The standard InChI is InChI=1S/C28H47N3O6/c1-3-5-7-9-16-29-26(33)15-14-25(28(35)30-17-10-8-6-4-2)31-27(34)23-12-11-13-24(22-23)37-21-20-36-19-18-32/h11-13,22,25,32H,3-10,14-21H2,1-2H3,(H,29,33)(H,30,35)(H,31,34). The highest BCUT2D eigenvalue weighted by Gasteiger charge is 2.22. The van der Waals surface area contributed by atoms with Crippen LogP contribution in [0.4, 0.5) is 0 Å². The van der Waals surface area contributed by atoms with Gasteiger partial charge >= 0.3 is 0 Å². The van der Waals surface area contributed by atoms with E-state index in [0.29, 0.717) is 31.0 Å². The van der Waals surface area contributed by atoms with Crippen LogP contribution in [0.5, 0.6) is 5.75 Å². The van der Waals surface area contributed by atoms with Crippen molar-refractivity contribution < 1.29 is 29.0 Å². The maximum atomic E-state index is 13.0. The Morgan fingerprint density at radius 3 is 2.27 bits per heavy atom. The number of unbranched alkanes of at least 4 members (excludes halogenated alkanes) is 6. The Hall–Kier alpha value is -2.65. The Morgan fingerprint density at radius 2 is 1.59 bits per heavy atom. The average molecular weight is 522 g/mol. The van der Waals surface area contributed by atoms with Gasteiger partial charge in [-0.15, -0.1) is 0 Å². The smallest absolute Gasteiger partial charge is 0.252 e. The van der Waals surface area contributed by atoms with Gasteiger partial charge in [-0.25, -0.2) is 0 Å². The van der Waals surface area contributed by atoms with Crippen molar-refractivity contribution in [2.24, 2.45) is 0 Å². The predicted molar refractivity (Wildman–Crippen MR) is 145 cm³/mol. The first-order valence-corrected chi connectivity index (χ1v) is 13.8. The summed E-state index contributed by atoms with van der Waals surface area (Å²) in [6, 6.07) is 5.86. The van der Waals surface area contributed by atoms with Crippen LogP contribution >= 0.6 is 0 Å². The van der Waals surface area contributed by atoms with Crippen molar-refractivity contribution in [1.82, 2.24) is 16.0 Å². The van der Waals surface area contributed by atoms with E-state index in [-0.39, 0.29) is 44.5 Å². The average Bonchev–Trinajstić information content (AvgIpc) is 2.90. The molecular weight excluding hydrogens is 474 g/mol. The monoisotopic (exact) mass is 521 g/mol. The molecule has 0 radical (unpaired) electrons. The van der Waals surface area contributed by atoms with Gasteiger partial charge in [-0.05, 0) is 37.5 Å². The Balaban J connectivity index is 2.67. The Labute approximate surface area is 222 Å². The molecule has 37 heavy (non-hydrogen) atoms. The van der Waals surface area contributed by atoms with Gasteiger partial charge in [-0.1, -0.05) is 58.4 Å². The first-order valence-electron chi connectivity index (χ1n) is 13.8. The van der Waals surface area contributed by atoms with Gasteiger partial charge in [-0.3, -0.25) is 14.4 Å². The van der Waals surface area contributed by atoms with E-state index in [4.69, 9.17) is 14.6 Å². The number of carbonyl (C=O) groups excluding carboxylic acids is 3. The molecule has 0 saturated heterocycles. The molecule has 1 unspecified atom stereocenters. The zero-order valence-electron chi connectivity index (χ0n) is 22.7. The topological polar surface area (TPSA) is 126 Å². The summed E-state index contributed by atoms with van der Waals surface area (Å²) in [5, 5.41) is 17.3. The third kappa shape index (κ3) is 15.9. The normalized spacial score (nSPS) is 11.5. The summed E-state index contributed by atoms with van der Waals surface area (Å²) in [5.74, 6) is -0.313. The predicted octanol–water partition coefficient (Wildman–Crippen LogP) is 3.35. The zero-order valence-corrected chi connectivity index (χ0v) is 22.7. The number of benzene rings is 1. The van der Waals surface area contributed by atoms with Crippen LogP contribution in [0.15, 0.2) is 24.3 Å². The van der Waals surface area contributed by atoms with Crippen LogP contribution in [0.2, 0.25) is 0 Å². The highest BCUT2D eigenvalue weighted by atomic mass is 16.5. The summed E-state index contributed by atoms with van der Waals surface area (Å²) < 4.78 is 10.8. The molecule has 0 fully saturated rings. The van der Waals surface area contributed by atoms with Crippen LogP contribution in [0.25, 0.3) is 0 Å². The minimum atomic E-state index is -0.819. The summed E-state index contributed by atoms with van der Waals surface area (Å²) in [5.41, 5.74) is 0.356. The Bertz CT molecular complexity index is 774. The van der Waals surface area contributed by atoms with Crippen molar-refractivity contribution in [1.29, 1.82) is 0 Å². The summed E-state index contributed by atoms with van der Waals surface area (Å²) in [6.07, 6.45) is 8.79. The highest BCUT2D eigenvalue weighted by Crippen LogP contribution is 2.14. The maximum absolute atomic E-state index is 13.0. The van der Waals surface area contributed by atoms with E-state index >= 15 is 0 Å². The largest absolute Gasteiger partial charge is 0.491 e. The first kappa shape index (κ1) is 32.4. The molecule has 1 rings (SSSR count). The lowest BCUT2D eigenvalue weighted by molar-refractivity contribution is -0.124. The number of aliphatic hydroxyl groups excluding tert-OH is 1. The number of carbonyl (C=O) groups is 3. The lowest BCUT2D eigenvalue weighted by Gasteiger charge is -2.19. The van der Waals surface area contributed by atoms with Crippen LogP contribution in [-0.2, 0) is 14.3 Å². The lowest BCUT2D eigenvalue weighted by atomic mass is 10.1. The molecular formula is C28H47N3O6.